The lowest BCUT2D eigenvalue weighted by Gasteiger charge is -2.38. The number of ether oxygens (including phenoxy) is 1. The van der Waals surface area contributed by atoms with Crippen LogP contribution in [0.2, 0.25) is 0 Å². The van der Waals surface area contributed by atoms with Crippen molar-refractivity contribution in [1.82, 2.24) is 9.21 Å². The van der Waals surface area contributed by atoms with Gasteiger partial charge in [0.2, 0.25) is 10.0 Å². The van der Waals surface area contributed by atoms with Gasteiger partial charge in [0.15, 0.2) is 0 Å². The lowest BCUT2D eigenvalue weighted by Crippen LogP contribution is -2.53. The third-order valence-electron chi connectivity index (χ3n) is 4.01. The maximum Gasteiger partial charge on any atom is 0.211 e. The minimum absolute atomic E-state index is 0.00669. The van der Waals surface area contributed by atoms with Gasteiger partial charge in [-0.05, 0) is 0 Å². The second-order valence-electron chi connectivity index (χ2n) is 5.71. The first-order chi connectivity index (χ1) is 8.31. The molecule has 2 saturated heterocycles. The van der Waals surface area contributed by atoms with E-state index in [1.165, 1.54) is 10.6 Å². The van der Waals surface area contributed by atoms with Gasteiger partial charge in [-0.3, -0.25) is 0 Å². The molecule has 2 aliphatic heterocycles. The van der Waals surface area contributed by atoms with Gasteiger partial charge in [-0.15, -0.1) is 0 Å². The molecule has 0 aliphatic carbocycles. The zero-order chi connectivity index (χ0) is 13.4. The van der Waals surface area contributed by atoms with Crippen molar-refractivity contribution in [1.29, 1.82) is 0 Å². The van der Waals surface area contributed by atoms with Crippen molar-refractivity contribution in [3.8, 4) is 0 Å². The monoisotopic (exact) mass is 277 g/mol. The molecule has 18 heavy (non-hydrogen) atoms. The SMILES string of the molecule is CC1(CN2CCN(S(C)(=O)=O)CC2)COCC1N. The van der Waals surface area contributed by atoms with E-state index in [2.05, 4.69) is 11.8 Å². The lowest BCUT2D eigenvalue weighted by atomic mass is 9.85. The highest BCUT2D eigenvalue weighted by molar-refractivity contribution is 7.88. The summed E-state index contributed by atoms with van der Waals surface area (Å²) in [5.74, 6) is 0. The number of nitrogens with two attached hydrogens (primary N) is 1. The molecule has 2 unspecified atom stereocenters. The van der Waals surface area contributed by atoms with E-state index >= 15 is 0 Å². The molecule has 2 aliphatic rings. The quantitative estimate of drug-likeness (QED) is 0.711. The second kappa shape index (κ2) is 5.05. The largest absolute Gasteiger partial charge is 0.379 e. The Kier molecular flexibility index (Phi) is 3.99. The minimum atomic E-state index is -3.05. The summed E-state index contributed by atoms with van der Waals surface area (Å²) in [5.41, 5.74) is 6.06. The van der Waals surface area contributed by atoms with Gasteiger partial charge < -0.3 is 15.4 Å². The van der Waals surface area contributed by atoms with E-state index in [1.54, 1.807) is 0 Å². The normalized spacial score (nSPS) is 36.1. The van der Waals surface area contributed by atoms with Crippen LogP contribution in [-0.2, 0) is 14.8 Å². The van der Waals surface area contributed by atoms with Crippen molar-refractivity contribution in [2.24, 2.45) is 11.1 Å². The fourth-order valence-corrected chi connectivity index (χ4v) is 3.45. The van der Waals surface area contributed by atoms with Gasteiger partial charge in [-0.1, -0.05) is 6.92 Å². The van der Waals surface area contributed by atoms with Crippen LogP contribution in [0.3, 0.4) is 0 Å². The lowest BCUT2D eigenvalue weighted by molar-refractivity contribution is 0.0980. The average Bonchev–Trinajstić information content (AvgIpc) is 2.58. The van der Waals surface area contributed by atoms with Gasteiger partial charge in [0.05, 0.1) is 19.5 Å². The summed E-state index contributed by atoms with van der Waals surface area (Å²) in [7, 11) is -3.05. The van der Waals surface area contributed by atoms with Gasteiger partial charge in [0.25, 0.3) is 0 Å². The van der Waals surface area contributed by atoms with Crippen LogP contribution in [-0.4, -0.2) is 75.9 Å². The zero-order valence-corrected chi connectivity index (χ0v) is 11.9. The summed E-state index contributed by atoms with van der Waals surface area (Å²) in [4.78, 5) is 2.29. The molecule has 0 saturated carbocycles. The Hall–Kier alpha value is -0.210. The van der Waals surface area contributed by atoms with Crippen molar-refractivity contribution in [3.05, 3.63) is 0 Å². The highest BCUT2D eigenvalue weighted by Crippen LogP contribution is 2.28. The number of rotatable bonds is 3. The molecule has 7 heteroatoms. The Labute approximate surface area is 109 Å². The molecule has 2 atom stereocenters. The summed E-state index contributed by atoms with van der Waals surface area (Å²) >= 11 is 0. The van der Waals surface area contributed by atoms with Crippen LogP contribution >= 0.6 is 0 Å². The van der Waals surface area contributed by atoms with Crippen LogP contribution in [0.15, 0.2) is 0 Å². The topological polar surface area (TPSA) is 75.9 Å². The molecule has 0 bridgehead atoms. The van der Waals surface area contributed by atoms with E-state index in [1.807, 2.05) is 0 Å². The minimum Gasteiger partial charge on any atom is -0.379 e. The zero-order valence-electron chi connectivity index (χ0n) is 11.1. The van der Waals surface area contributed by atoms with Crippen molar-refractivity contribution < 1.29 is 13.2 Å². The van der Waals surface area contributed by atoms with Gasteiger partial charge in [-0.2, -0.15) is 4.31 Å². The number of hydrogen-bond donors (Lipinski definition) is 1. The highest BCUT2D eigenvalue weighted by Gasteiger charge is 2.39. The van der Waals surface area contributed by atoms with E-state index in [9.17, 15) is 8.42 Å². The van der Waals surface area contributed by atoms with Gasteiger partial charge >= 0.3 is 0 Å². The third-order valence-corrected chi connectivity index (χ3v) is 5.31. The third kappa shape index (κ3) is 3.03. The van der Waals surface area contributed by atoms with E-state index in [0.29, 0.717) is 26.3 Å². The van der Waals surface area contributed by atoms with Crippen molar-refractivity contribution in [3.63, 3.8) is 0 Å². The van der Waals surface area contributed by atoms with Crippen molar-refractivity contribution in [2.75, 3.05) is 52.2 Å². The van der Waals surface area contributed by atoms with E-state index in [4.69, 9.17) is 10.5 Å². The fourth-order valence-electron chi connectivity index (χ4n) is 2.62. The number of piperazine rings is 1. The molecule has 2 heterocycles. The standard InChI is InChI=1S/C11H23N3O3S/c1-11(9-17-7-10(11)12)8-13-3-5-14(6-4-13)18(2,15)16/h10H,3-9,12H2,1-2H3. The molecule has 2 N–H and O–H groups in total. The van der Waals surface area contributed by atoms with E-state index in [0.717, 1.165) is 19.6 Å². The Balaban J connectivity index is 1.87. The van der Waals surface area contributed by atoms with Gasteiger partial charge in [0.1, 0.15) is 0 Å². The Bertz CT molecular complexity index is 392. The number of hydrogen-bond acceptors (Lipinski definition) is 5. The van der Waals surface area contributed by atoms with Crippen LogP contribution in [0.4, 0.5) is 0 Å². The van der Waals surface area contributed by atoms with Crippen LogP contribution in [0.25, 0.3) is 0 Å². The fraction of sp³-hybridized carbons (Fsp3) is 1.00. The highest BCUT2D eigenvalue weighted by atomic mass is 32.2. The number of sulfonamides is 1. The first-order valence-electron chi connectivity index (χ1n) is 6.32. The molecule has 0 spiro atoms. The summed E-state index contributed by atoms with van der Waals surface area (Å²) in [6.45, 7) is 7.04. The number of nitrogens with zero attached hydrogens (tertiary/aromatic N) is 2. The van der Waals surface area contributed by atoms with Crippen LogP contribution in [0.1, 0.15) is 6.92 Å². The summed E-state index contributed by atoms with van der Waals surface area (Å²) in [5, 5.41) is 0. The summed E-state index contributed by atoms with van der Waals surface area (Å²) in [6, 6.07) is 0.0745. The molecular weight excluding hydrogens is 254 g/mol. The molecule has 0 aromatic carbocycles. The molecular formula is C11H23N3O3S. The smallest absolute Gasteiger partial charge is 0.211 e. The van der Waals surface area contributed by atoms with Crippen molar-refractivity contribution >= 4 is 10.0 Å². The second-order valence-corrected chi connectivity index (χ2v) is 7.70. The average molecular weight is 277 g/mol. The first kappa shape index (κ1) is 14.2. The van der Waals surface area contributed by atoms with Gasteiger partial charge in [0, 0.05) is 44.2 Å². The van der Waals surface area contributed by atoms with Gasteiger partial charge in [-0.25, -0.2) is 8.42 Å². The maximum absolute atomic E-state index is 11.4. The summed E-state index contributed by atoms with van der Waals surface area (Å²) in [6.07, 6.45) is 1.27. The van der Waals surface area contributed by atoms with E-state index in [-0.39, 0.29) is 11.5 Å². The first-order valence-corrected chi connectivity index (χ1v) is 8.17. The summed E-state index contributed by atoms with van der Waals surface area (Å²) < 4.78 is 29.8. The Morgan fingerprint density at radius 3 is 2.39 bits per heavy atom. The van der Waals surface area contributed by atoms with Crippen LogP contribution in [0.5, 0.6) is 0 Å². The Morgan fingerprint density at radius 2 is 1.94 bits per heavy atom. The molecule has 6 nitrogen and oxygen atoms in total. The molecule has 0 amide bonds. The maximum atomic E-state index is 11.4. The van der Waals surface area contributed by atoms with Crippen molar-refractivity contribution in [2.45, 2.75) is 13.0 Å². The van der Waals surface area contributed by atoms with Crippen LogP contribution < -0.4 is 5.73 Å². The molecule has 2 rings (SSSR count). The Morgan fingerprint density at radius 1 is 1.33 bits per heavy atom. The molecule has 106 valence electrons. The molecule has 0 aromatic heterocycles. The predicted molar refractivity (Wildman–Crippen MR) is 69.8 cm³/mol. The van der Waals surface area contributed by atoms with Crippen LogP contribution in [0, 0.1) is 5.41 Å². The molecule has 0 aromatic rings. The molecule has 0 radical (unpaired) electrons. The van der Waals surface area contributed by atoms with E-state index < -0.39 is 10.0 Å². The predicted octanol–water partition coefficient (Wildman–Crippen LogP) is -1.07. The molecule has 2 fully saturated rings.